The molecule has 70 valence electrons. The van der Waals surface area contributed by atoms with Crippen LogP contribution in [0, 0.1) is 12.3 Å². The van der Waals surface area contributed by atoms with Crippen LogP contribution in [0.15, 0.2) is 18.2 Å². The summed E-state index contributed by atoms with van der Waals surface area (Å²) in [6.45, 7) is 0. The van der Waals surface area contributed by atoms with E-state index in [1.807, 2.05) is 6.07 Å². The number of hydrogen-bond donors (Lipinski definition) is 1. The van der Waals surface area contributed by atoms with Crippen molar-refractivity contribution < 1.29 is 4.79 Å². The van der Waals surface area contributed by atoms with Gasteiger partial charge in [-0.2, -0.15) is 0 Å². The molecular formula is C11H8ClNO. The Kier molecular flexibility index (Phi) is 2.18. The lowest BCUT2D eigenvalue weighted by Gasteiger charge is -2.03. The summed E-state index contributed by atoms with van der Waals surface area (Å²) in [6, 6.07) is 5.35. The molecule has 1 aromatic carbocycles. The van der Waals surface area contributed by atoms with Gasteiger partial charge in [-0.1, -0.05) is 17.7 Å². The Balaban J connectivity index is 2.43. The van der Waals surface area contributed by atoms with Gasteiger partial charge < -0.3 is 5.32 Å². The fourth-order valence-corrected chi connectivity index (χ4v) is 1.79. The van der Waals surface area contributed by atoms with Crippen LogP contribution in [0.2, 0.25) is 5.02 Å². The zero-order valence-electron chi connectivity index (χ0n) is 7.38. The van der Waals surface area contributed by atoms with Crippen molar-refractivity contribution in [1.82, 2.24) is 0 Å². The zero-order valence-corrected chi connectivity index (χ0v) is 8.14. The molecule has 0 aliphatic carbocycles. The van der Waals surface area contributed by atoms with Gasteiger partial charge in [0.2, 0.25) is 5.91 Å². The Labute approximate surface area is 87.3 Å². The maximum absolute atomic E-state index is 11.5. The van der Waals surface area contributed by atoms with E-state index in [9.17, 15) is 4.79 Å². The third kappa shape index (κ3) is 1.36. The van der Waals surface area contributed by atoms with Crippen LogP contribution in [-0.4, -0.2) is 5.91 Å². The van der Waals surface area contributed by atoms with Crippen LogP contribution in [0.1, 0.15) is 17.9 Å². The molecule has 2 nitrogen and oxygen atoms in total. The van der Waals surface area contributed by atoms with Crippen molar-refractivity contribution in [2.75, 3.05) is 5.32 Å². The summed E-state index contributed by atoms with van der Waals surface area (Å²) < 4.78 is 0. The number of halogens is 1. The molecule has 1 heterocycles. The number of fused-ring (bicyclic) bond motifs is 1. The van der Waals surface area contributed by atoms with E-state index in [4.69, 9.17) is 18.0 Å². The van der Waals surface area contributed by atoms with Gasteiger partial charge in [-0.3, -0.25) is 4.79 Å². The van der Waals surface area contributed by atoms with Gasteiger partial charge in [-0.25, -0.2) is 0 Å². The molecule has 0 saturated carbocycles. The molecule has 1 atom stereocenters. The number of amides is 1. The average molecular weight is 206 g/mol. The van der Waals surface area contributed by atoms with E-state index < -0.39 is 0 Å². The largest absolute Gasteiger partial charge is 0.325 e. The summed E-state index contributed by atoms with van der Waals surface area (Å²) in [5.74, 6) is 2.24. The first kappa shape index (κ1) is 9.11. The smallest absolute Gasteiger partial charge is 0.232 e. The number of carbonyl (C=O) groups excluding carboxylic acids is 1. The van der Waals surface area contributed by atoms with Crippen molar-refractivity contribution in [3.8, 4) is 12.3 Å². The second-order valence-corrected chi connectivity index (χ2v) is 3.62. The van der Waals surface area contributed by atoms with Gasteiger partial charge in [-0.15, -0.1) is 12.3 Å². The van der Waals surface area contributed by atoms with Crippen molar-refractivity contribution in [3.63, 3.8) is 0 Å². The van der Waals surface area contributed by atoms with Gasteiger partial charge in [0.1, 0.15) is 0 Å². The van der Waals surface area contributed by atoms with Crippen LogP contribution in [-0.2, 0) is 4.79 Å². The van der Waals surface area contributed by atoms with Gasteiger partial charge in [0.25, 0.3) is 0 Å². The second kappa shape index (κ2) is 3.36. The van der Waals surface area contributed by atoms with E-state index in [1.165, 1.54) is 0 Å². The highest BCUT2D eigenvalue weighted by Crippen LogP contribution is 2.35. The molecule has 1 amide bonds. The van der Waals surface area contributed by atoms with Crippen LogP contribution in [0.4, 0.5) is 5.69 Å². The van der Waals surface area contributed by atoms with Crippen LogP contribution in [0.3, 0.4) is 0 Å². The molecule has 0 spiro atoms. The molecule has 0 saturated heterocycles. The molecule has 0 radical (unpaired) electrons. The first-order valence-corrected chi connectivity index (χ1v) is 4.64. The van der Waals surface area contributed by atoms with E-state index in [2.05, 4.69) is 11.2 Å². The highest BCUT2D eigenvalue weighted by atomic mass is 35.5. The molecular weight excluding hydrogens is 198 g/mol. The fourth-order valence-electron chi connectivity index (χ4n) is 1.62. The number of terminal acetylenes is 1. The lowest BCUT2D eigenvalue weighted by atomic mass is 9.98. The summed E-state index contributed by atoms with van der Waals surface area (Å²) in [7, 11) is 0. The lowest BCUT2D eigenvalue weighted by molar-refractivity contribution is -0.116. The van der Waals surface area contributed by atoms with Crippen molar-refractivity contribution in [1.29, 1.82) is 0 Å². The summed E-state index contributed by atoms with van der Waals surface area (Å²) in [4.78, 5) is 11.5. The number of benzene rings is 1. The standard InChI is InChI=1S/C11H8ClNO/c1-2-3-9-8-5-4-7(12)6-10(8)13-11(9)14/h1,4-6,9H,3H2,(H,13,14). The van der Waals surface area contributed by atoms with Gasteiger partial charge in [0.15, 0.2) is 0 Å². The molecule has 1 aromatic rings. The predicted molar refractivity (Wildman–Crippen MR) is 56.3 cm³/mol. The molecule has 2 rings (SSSR count). The third-order valence-electron chi connectivity index (χ3n) is 2.29. The quantitative estimate of drug-likeness (QED) is 0.701. The molecule has 1 aliphatic heterocycles. The van der Waals surface area contributed by atoms with Crippen molar-refractivity contribution in [2.24, 2.45) is 0 Å². The molecule has 0 fully saturated rings. The Morgan fingerprint density at radius 1 is 1.57 bits per heavy atom. The van der Waals surface area contributed by atoms with Crippen LogP contribution in [0.5, 0.6) is 0 Å². The Hall–Kier alpha value is -1.46. The molecule has 1 unspecified atom stereocenters. The molecule has 3 heteroatoms. The van der Waals surface area contributed by atoms with Crippen molar-refractivity contribution in [3.05, 3.63) is 28.8 Å². The van der Waals surface area contributed by atoms with E-state index in [-0.39, 0.29) is 11.8 Å². The third-order valence-corrected chi connectivity index (χ3v) is 2.52. The van der Waals surface area contributed by atoms with Gasteiger partial charge in [-0.05, 0) is 17.7 Å². The van der Waals surface area contributed by atoms with Gasteiger partial charge in [0, 0.05) is 17.1 Å². The Morgan fingerprint density at radius 3 is 3.07 bits per heavy atom. The Morgan fingerprint density at radius 2 is 2.36 bits per heavy atom. The minimum Gasteiger partial charge on any atom is -0.325 e. The normalized spacial score (nSPS) is 18.6. The maximum atomic E-state index is 11.5. The first-order chi connectivity index (χ1) is 6.72. The van der Waals surface area contributed by atoms with E-state index in [0.717, 1.165) is 11.3 Å². The monoisotopic (exact) mass is 205 g/mol. The first-order valence-electron chi connectivity index (χ1n) is 4.26. The van der Waals surface area contributed by atoms with Crippen LogP contribution >= 0.6 is 11.6 Å². The van der Waals surface area contributed by atoms with Crippen molar-refractivity contribution in [2.45, 2.75) is 12.3 Å². The average Bonchev–Trinajstić information content (AvgIpc) is 2.43. The zero-order chi connectivity index (χ0) is 10.1. The predicted octanol–water partition coefficient (Wildman–Crippen LogP) is 2.40. The second-order valence-electron chi connectivity index (χ2n) is 3.18. The van der Waals surface area contributed by atoms with E-state index in [1.54, 1.807) is 12.1 Å². The van der Waals surface area contributed by atoms with Crippen LogP contribution in [0.25, 0.3) is 0 Å². The summed E-state index contributed by atoms with van der Waals surface area (Å²) >= 11 is 5.80. The number of rotatable bonds is 1. The molecule has 1 aliphatic rings. The maximum Gasteiger partial charge on any atom is 0.232 e. The highest BCUT2D eigenvalue weighted by Gasteiger charge is 2.29. The molecule has 0 bridgehead atoms. The summed E-state index contributed by atoms with van der Waals surface area (Å²) in [5.41, 5.74) is 1.72. The lowest BCUT2D eigenvalue weighted by Crippen LogP contribution is -2.11. The highest BCUT2D eigenvalue weighted by molar-refractivity contribution is 6.31. The number of anilines is 1. The summed E-state index contributed by atoms with van der Waals surface area (Å²) in [5, 5.41) is 3.37. The van der Waals surface area contributed by atoms with Crippen LogP contribution < -0.4 is 5.32 Å². The minimum atomic E-state index is -0.215. The number of hydrogen-bond acceptors (Lipinski definition) is 1. The fraction of sp³-hybridized carbons (Fsp3) is 0.182. The number of carbonyl (C=O) groups is 1. The molecule has 1 N–H and O–H groups in total. The Bertz CT molecular complexity index is 433. The van der Waals surface area contributed by atoms with Crippen molar-refractivity contribution >= 4 is 23.2 Å². The van der Waals surface area contributed by atoms with E-state index in [0.29, 0.717) is 11.4 Å². The van der Waals surface area contributed by atoms with Gasteiger partial charge >= 0.3 is 0 Å². The minimum absolute atomic E-state index is 0.0415. The summed E-state index contributed by atoms with van der Waals surface area (Å²) in [6.07, 6.45) is 5.63. The molecule has 0 aromatic heterocycles. The van der Waals surface area contributed by atoms with Gasteiger partial charge in [0.05, 0.1) is 5.92 Å². The topological polar surface area (TPSA) is 29.1 Å². The number of nitrogens with one attached hydrogen (secondary N) is 1. The SMILES string of the molecule is C#CCC1C(=O)Nc2cc(Cl)ccc21. The van der Waals surface area contributed by atoms with E-state index >= 15 is 0 Å². The molecule has 14 heavy (non-hydrogen) atoms.